The van der Waals surface area contributed by atoms with E-state index in [4.69, 9.17) is 0 Å². The highest BCUT2D eigenvalue weighted by Gasteiger charge is 2.14. The fourth-order valence-electron chi connectivity index (χ4n) is 1.62. The van der Waals surface area contributed by atoms with E-state index in [0.29, 0.717) is 0 Å². The van der Waals surface area contributed by atoms with Crippen molar-refractivity contribution in [3.8, 4) is 0 Å². The van der Waals surface area contributed by atoms with Crippen LogP contribution in [0.1, 0.15) is 26.7 Å². The molecule has 2 nitrogen and oxygen atoms in total. The Morgan fingerprint density at radius 3 is 2.46 bits per heavy atom. The first kappa shape index (κ1) is 10.5. The summed E-state index contributed by atoms with van der Waals surface area (Å²) in [6, 6.07) is 0. The largest absolute Gasteiger partial charge is 0.229 e. The van der Waals surface area contributed by atoms with Gasteiger partial charge >= 0.3 is 0 Å². The third-order valence-electron chi connectivity index (χ3n) is 2.37. The van der Waals surface area contributed by atoms with Gasteiger partial charge in [-0.15, -0.1) is 0 Å². The second-order valence-corrected chi connectivity index (χ2v) is 5.89. The minimum absolute atomic E-state index is 0.196. The molecule has 0 aromatic heterocycles. The highest BCUT2D eigenvalue weighted by molar-refractivity contribution is 7.90. The van der Waals surface area contributed by atoms with E-state index in [9.17, 15) is 8.42 Å². The van der Waals surface area contributed by atoms with Crippen LogP contribution in [0.4, 0.5) is 0 Å². The zero-order valence-corrected chi connectivity index (χ0v) is 9.24. The third kappa shape index (κ3) is 2.99. The smallest absolute Gasteiger partial charge is 0.151 e. The average Bonchev–Trinajstić information content (AvgIpc) is 1.95. The lowest BCUT2D eigenvalue weighted by Gasteiger charge is -2.16. The maximum absolute atomic E-state index is 11.1. The minimum Gasteiger partial charge on any atom is -0.229 e. The SMILES string of the molecule is CC1=CCCC(C)=C1CS(C)(=O)=O. The molecule has 1 aliphatic carbocycles. The summed E-state index contributed by atoms with van der Waals surface area (Å²) in [6.07, 6.45) is 5.45. The first-order valence-corrected chi connectivity index (χ1v) is 6.49. The fraction of sp³-hybridized carbons (Fsp3) is 0.600. The van der Waals surface area contributed by atoms with Crippen LogP contribution in [0.2, 0.25) is 0 Å². The van der Waals surface area contributed by atoms with Crippen molar-refractivity contribution in [3.05, 3.63) is 22.8 Å². The van der Waals surface area contributed by atoms with Gasteiger partial charge < -0.3 is 0 Å². The van der Waals surface area contributed by atoms with Gasteiger partial charge in [-0.1, -0.05) is 17.2 Å². The van der Waals surface area contributed by atoms with Crippen molar-refractivity contribution in [3.63, 3.8) is 0 Å². The van der Waals surface area contributed by atoms with Gasteiger partial charge in [0.1, 0.15) is 0 Å². The lowest BCUT2D eigenvalue weighted by Crippen LogP contribution is -2.10. The van der Waals surface area contributed by atoms with E-state index in [1.54, 1.807) is 0 Å². The van der Waals surface area contributed by atoms with Crippen molar-refractivity contribution in [2.75, 3.05) is 12.0 Å². The summed E-state index contributed by atoms with van der Waals surface area (Å²) in [5.41, 5.74) is 3.38. The van der Waals surface area contributed by atoms with E-state index in [2.05, 4.69) is 6.08 Å². The molecule has 3 heteroatoms. The molecule has 0 radical (unpaired) electrons. The Bertz CT molecular complexity index is 358. The van der Waals surface area contributed by atoms with Crippen molar-refractivity contribution < 1.29 is 8.42 Å². The Morgan fingerprint density at radius 2 is 2.00 bits per heavy atom. The third-order valence-corrected chi connectivity index (χ3v) is 3.18. The number of hydrogen-bond donors (Lipinski definition) is 0. The van der Waals surface area contributed by atoms with Crippen LogP contribution in [-0.2, 0) is 9.84 Å². The Labute approximate surface area is 80.3 Å². The van der Waals surface area contributed by atoms with E-state index >= 15 is 0 Å². The van der Waals surface area contributed by atoms with Gasteiger partial charge in [-0.05, 0) is 32.3 Å². The average molecular weight is 200 g/mol. The van der Waals surface area contributed by atoms with Crippen LogP contribution < -0.4 is 0 Å². The van der Waals surface area contributed by atoms with Crippen molar-refractivity contribution >= 4 is 9.84 Å². The molecule has 0 aromatic rings. The van der Waals surface area contributed by atoms with Crippen LogP contribution in [-0.4, -0.2) is 20.4 Å². The van der Waals surface area contributed by atoms with Gasteiger partial charge in [0.15, 0.2) is 9.84 Å². The molecule has 1 rings (SSSR count). The quantitative estimate of drug-likeness (QED) is 0.684. The summed E-state index contributed by atoms with van der Waals surface area (Å²) in [6.45, 7) is 4.01. The molecule has 0 atom stereocenters. The van der Waals surface area contributed by atoms with E-state index in [-0.39, 0.29) is 5.75 Å². The zero-order chi connectivity index (χ0) is 10.1. The van der Waals surface area contributed by atoms with E-state index < -0.39 is 9.84 Å². The standard InChI is InChI=1S/C10H16O2S/c1-8-5-4-6-9(2)10(8)7-13(3,11)12/h5H,4,6-7H2,1-3H3. The van der Waals surface area contributed by atoms with Gasteiger partial charge in [-0.3, -0.25) is 0 Å². The normalized spacial score (nSPS) is 18.8. The highest BCUT2D eigenvalue weighted by atomic mass is 32.2. The van der Waals surface area contributed by atoms with Crippen LogP contribution in [0, 0.1) is 0 Å². The molecule has 13 heavy (non-hydrogen) atoms. The molecule has 0 heterocycles. The van der Waals surface area contributed by atoms with Crippen LogP contribution in [0.3, 0.4) is 0 Å². The molecule has 0 spiro atoms. The van der Waals surface area contributed by atoms with Crippen molar-refractivity contribution in [2.24, 2.45) is 0 Å². The summed E-state index contributed by atoms with van der Waals surface area (Å²) in [5.74, 6) is 0.196. The molecule has 1 aliphatic rings. The first-order chi connectivity index (χ1) is 5.90. The van der Waals surface area contributed by atoms with Gasteiger partial charge in [-0.25, -0.2) is 8.42 Å². The number of rotatable bonds is 2. The van der Waals surface area contributed by atoms with Crippen LogP contribution in [0.15, 0.2) is 22.8 Å². The van der Waals surface area contributed by atoms with Crippen molar-refractivity contribution in [1.82, 2.24) is 0 Å². The monoisotopic (exact) mass is 200 g/mol. The summed E-state index contributed by atoms with van der Waals surface area (Å²) >= 11 is 0. The van der Waals surface area contributed by atoms with Crippen LogP contribution >= 0.6 is 0 Å². The molecule has 74 valence electrons. The molecule has 0 aliphatic heterocycles. The maximum Gasteiger partial charge on any atom is 0.151 e. The minimum atomic E-state index is -2.89. The van der Waals surface area contributed by atoms with Gasteiger partial charge in [-0.2, -0.15) is 0 Å². The van der Waals surface area contributed by atoms with Crippen molar-refractivity contribution in [2.45, 2.75) is 26.7 Å². The van der Waals surface area contributed by atoms with Crippen LogP contribution in [0.25, 0.3) is 0 Å². The van der Waals surface area contributed by atoms with Gasteiger partial charge in [0.25, 0.3) is 0 Å². The lowest BCUT2D eigenvalue weighted by atomic mass is 9.94. The second kappa shape index (κ2) is 3.66. The molecule has 0 saturated heterocycles. The van der Waals surface area contributed by atoms with Crippen LogP contribution in [0.5, 0.6) is 0 Å². The summed E-state index contributed by atoms with van der Waals surface area (Å²) in [4.78, 5) is 0. The van der Waals surface area contributed by atoms with E-state index in [1.165, 1.54) is 11.8 Å². The molecule has 0 bridgehead atoms. The molecule has 0 saturated carbocycles. The topological polar surface area (TPSA) is 34.1 Å². The molecule has 0 aromatic carbocycles. The summed E-state index contributed by atoms with van der Waals surface area (Å²) < 4.78 is 22.3. The van der Waals surface area contributed by atoms with E-state index in [1.807, 2.05) is 13.8 Å². The van der Waals surface area contributed by atoms with Gasteiger partial charge in [0.05, 0.1) is 5.75 Å². The molecular weight excluding hydrogens is 184 g/mol. The highest BCUT2D eigenvalue weighted by Crippen LogP contribution is 2.25. The Morgan fingerprint density at radius 1 is 1.38 bits per heavy atom. The molecular formula is C10H16O2S. The molecule has 0 unspecified atom stereocenters. The van der Waals surface area contributed by atoms with Crippen molar-refractivity contribution in [1.29, 1.82) is 0 Å². The number of allylic oxidation sites excluding steroid dienone is 3. The lowest BCUT2D eigenvalue weighted by molar-refractivity contribution is 0.603. The fourth-order valence-corrected chi connectivity index (χ4v) is 2.61. The number of hydrogen-bond acceptors (Lipinski definition) is 2. The van der Waals surface area contributed by atoms with Gasteiger partial charge in [0, 0.05) is 6.26 Å². The maximum atomic E-state index is 11.1. The second-order valence-electron chi connectivity index (χ2n) is 3.75. The Hall–Kier alpha value is -0.570. The molecule has 0 amide bonds. The molecule has 0 fully saturated rings. The summed E-state index contributed by atoms with van der Waals surface area (Å²) in [5, 5.41) is 0. The first-order valence-electron chi connectivity index (χ1n) is 4.43. The van der Waals surface area contributed by atoms with Gasteiger partial charge in [0.2, 0.25) is 0 Å². The number of sulfone groups is 1. The van der Waals surface area contributed by atoms with E-state index in [0.717, 1.165) is 24.0 Å². The summed E-state index contributed by atoms with van der Waals surface area (Å²) in [7, 11) is -2.89. The molecule has 0 N–H and O–H groups in total. The zero-order valence-electron chi connectivity index (χ0n) is 8.42. The predicted molar refractivity (Wildman–Crippen MR) is 55.4 cm³/mol. The Balaban J connectivity index is 2.96. The Kier molecular flexibility index (Phi) is 2.96. The predicted octanol–water partition coefficient (Wildman–Crippen LogP) is 2.09.